The molecular weight excluding hydrogens is 216 g/mol. The van der Waals surface area contributed by atoms with E-state index in [1.54, 1.807) is 17.9 Å². The van der Waals surface area contributed by atoms with Gasteiger partial charge in [-0.3, -0.25) is 4.79 Å². The Morgan fingerprint density at radius 2 is 2.24 bits per heavy atom. The van der Waals surface area contributed by atoms with Crippen LogP contribution in [0.1, 0.15) is 43.1 Å². The van der Waals surface area contributed by atoms with Crippen molar-refractivity contribution in [3.63, 3.8) is 0 Å². The van der Waals surface area contributed by atoms with Gasteiger partial charge in [0, 0.05) is 12.5 Å². The first-order valence-electron chi connectivity index (χ1n) is 6.30. The van der Waals surface area contributed by atoms with Gasteiger partial charge in [0.2, 0.25) is 0 Å². The van der Waals surface area contributed by atoms with Gasteiger partial charge in [-0.05, 0) is 32.4 Å². The quantitative estimate of drug-likeness (QED) is 0.797. The van der Waals surface area contributed by atoms with E-state index in [1.165, 1.54) is 0 Å². The van der Waals surface area contributed by atoms with Crippen LogP contribution in [-0.4, -0.2) is 33.9 Å². The van der Waals surface area contributed by atoms with Crippen molar-refractivity contribution in [2.24, 2.45) is 12.5 Å². The number of Topliss-reactive ketones (excluding diaryl/α,β-unsaturated/α-hetero) is 1. The highest BCUT2D eigenvalue weighted by atomic mass is 16.1. The molecule has 17 heavy (non-hydrogen) atoms. The molecule has 5 heteroatoms. The van der Waals surface area contributed by atoms with E-state index < -0.39 is 0 Å². The van der Waals surface area contributed by atoms with E-state index in [4.69, 9.17) is 0 Å². The lowest BCUT2D eigenvalue weighted by molar-refractivity contribution is 0.0693. The van der Waals surface area contributed by atoms with E-state index in [-0.39, 0.29) is 11.2 Å². The van der Waals surface area contributed by atoms with Crippen LogP contribution in [0.2, 0.25) is 0 Å². The number of carbonyl (C=O) groups is 1. The van der Waals surface area contributed by atoms with E-state index in [0.29, 0.717) is 5.69 Å². The summed E-state index contributed by atoms with van der Waals surface area (Å²) < 4.78 is 1.59. The molecule has 0 aliphatic carbocycles. The van der Waals surface area contributed by atoms with Crippen LogP contribution in [0.25, 0.3) is 0 Å². The number of nitrogens with one attached hydrogen (secondary N) is 1. The number of carbonyl (C=O) groups excluding carboxylic acids is 1. The first-order chi connectivity index (χ1) is 8.19. The predicted molar refractivity (Wildman–Crippen MR) is 64.8 cm³/mol. The highest BCUT2D eigenvalue weighted by molar-refractivity contribution is 5.98. The molecule has 1 fully saturated rings. The minimum Gasteiger partial charge on any atom is -0.317 e. The Morgan fingerprint density at radius 3 is 2.76 bits per heavy atom. The Bertz CT molecular complexity index is 387. The molecule has 0 aromatic carbocycles. The minimum absolute atomic E-state index is 0.199. The molecule has 1 aromatic rings. The van der Waals surface area contributed by atoms with Gasteiger partial charge < -0.3 is 5.32 Å². The fraction of sp³-hybridized carbons (Fsp3) is 0.750. The Balaban J connectivity index is 2.27. The van der Waals surface area contributed by atoms with Gasteiger partial charge in [0.15, 0.2) is 5.78 Å². The molecule has 1 aliphatic heterocycles. The third-order valence-electron chi connectivity index (χ3n) is 3.72. The second-order valence-corrected chi connectivity index (χ2v) is 4.85. The van der Waals surface area contributed by atoms with Crippen LogP contribution in [0.5, 0.6) is 0 Å². The molecule has 0 spiro atoms. The molecule has 1 aromatic heterocycles. The molecule has 94 valence electrons. The normalized spacial score (nSPS) is 19.2. The summed E-state index contributed by atoms with van der Waals surface area (Å²) in [5.41, 5.74) is 0.440. The van der Waals surface area contributed by atoms with Gasteiger partial charge in [-0.2, -0.15) is 0 Å². The fourth-order valence-corrected chi connectivity index (χ4v) is 2.74. The lowest BCUT2D eigenvalue weighted by Crippen LogP contribution is -2.42. The largest absolute Gasteiger partial charge is 0.317 e. The molecule has 1 aliphatic rings. The Morgan fingerprint density at radius 1 is 1.53 bits per heavy atom. The summed E-state index contributed by atoms with van der Waals surface area (Å²) in [7, 11) is 1.78. The average Bonchev–Trinajstić information content (AvgIpc) is 2.76. The molecule has 0 bridgehead atoms. The van der Waals surface area contributed by atoms with Gasteiger partial charge in [-0.15, -0.1) is 5.10 Å². The maximum atomic E-state index is 12.7. The van der Waals surface area contributed by atoms with E-state index in [2.05, 4.69) is 22.6 Å². The van der Waals surface area contributed by atoms with Crippen molar-refractivity contribution in [2.75, 3.05) is 13.1 Å². The topological polar surface area (TPSA) is 59.8 Å². The second-order valence-electron chi connectivity index (χ2n) is 4.85. The van der Waals surface area contributed by atoms with Crippen molar-refractivity contribution >= 4 is 5.78 Å². The van der Waals surface area contributed by atoms with Gasteiger partial charge >= 0.3 is 0 Å². The second kappa shape index (κ2) is 4.96. The van der Waals surface area contributed by atoms with E-state index in [9.17, 15) is 4.79 Å². The Hall–Kier alpha value is -1.23. The number of rotatable bonds is 4. The molecule has 1 N–H and O–H groups in total. The van der Waals surface area contributed by atoms with E-state index >= 15 is 0 Å². The minimum atomic E-state index is -0.199. The summed E-state index contributed by atoms with van der Waals surface area (Å²) >= 11 is 0. The predicted octanol–water partition coefficient (Wildman–Crippen LogP) is 1.17. The van der Waals surface area contributed by atoms with Gasteiger partial charge in [0.05, 0.1) is 6.20 Å². The number of ketones is 1. The third kappa shape index (κ3) is 2.24. The Labute approximate surface area is 102 Å². The molecule has 2 heterocycles. The highest BCUT2D eigenvalue weighted by Crippen LogP contribution is 2.37. The first-order valence-corrected chi connectivity index (χ1v) is 6.30. The molecule has 5 nitrogen and oxygen atoms in total. The van der Waals surface area contributed by atoms with E-state index in [0.717, 1.165) is 38.8 Å². The zero-order valence-electron chi connectivity index (χ0n) is 10.6. The van der Waals surface area contributed by atoms with Gasteiger partial charge in [-0.1, -0.05) is 18.6 Å². The number of aromatic nitrogens is 3. The highest BCUT2D eigenvalue weighted by Gasteiger charge is 2.40. The number of hydrogen-bond acceptors (Lipinski definition) is 4. The van der Waals surface area contributed by atoms with Crippen LogP contribution in [0.3, 0.4) is 0 Å². The summed E-state index contributed by atoms with van der Waals surface area (Å²) in [6.45, 7) is 3.99. The standard InChI is InChI=1S/C12H20N4O/c1-3-4-12(5-7-13-8-6-12)11(17)10-9-14-15-16(10)2/h9,13H,3-8H2,1-2H3. The van der Waals surface area contributed by atoms with Gasteiger partial charge in [0.1, 0.15) is 5.69 Å². The van der Waals surface area contributed by atoms with E-state index in [1.807, 2.05) is 0 Å². The summed E-state index contributed by atoms with van der Waals surface area (Å²) in [6.07, 6.45) is 5.42. The van der Waals surface area contributed by atoms with Gasteiger partial charge in [-0.25, -0.2) is 4.68 Å². The number of hydrogen-bond donors (Lipinski definition) is 1. The molecule has 0 saturated carbocycles. The first kappa shape index (κ1) is 12.2. The monoisotopic (exact) mass is 236 g/mol. The number of piperidine rings is 1. The van der Waals surface area contributed by atoms with Gasteiger partial charge in [0.25, 0.3) is 0 Å². The molecule has 2 rings (SSSR count). The van der Waals surface area contributed by atoms with Crippen LogP contribution in [0.15, 0.2) is 6.20 Å². The maximum absolute atomic E-state index is 12.7. The summed E-state index contributed by atoms with van der Waals surface area (Å²) in [5, 5.41) is 11.0. The van der Waals surface area contributed by atoms with Crippen LogP contribution in [-0.2, 0) is 7.05 Å². The van der Waals surface area contributed by atoms with Crippen LogP contribution in [0.4, 0.5) is 0 Å². The van der Waals surface area contributed by atoms with Crippen LogP contribution < -0.4 is 5.32 Å². The lowest BCUT2D eigenvalue weighted by Gasteiger charge is -2.35. The fourth-order valence-electron chi connectivity index (χ4n) is 2.74. The lowest BCUT2D eigenvalue weighted by atomic mass is 9.71. The molecular formula is C12H20N4O. The zero-order chi connectivity index (χ0) is 12.3. The molecule has 1 saturated heterocycles. The SMILES string of the molecule is CCCC1(C(=O)c2cnnn2C)CCNCC1. The smallest absolute Gasteiger partial charge is 0.188 e. The summed E-state index contributed by atoms with van der Waals surface area (Å²) in [4.78, 5) is 12.7. The summed E-state index contributed by atoms with van der Waals surface area (Å²) in [5.74, 6) is 0.216. The molecule has 0 radical (unpaired) electrons. The Kier molecular flexibility index (Phi) is 3.57. The van der Waals surface area contributed by atoms with Crippen molar-refractivity contribution < 1.29 is 4.79 Å². The molecule has 0 amide bonds. The summed E-state index contributed by atoms with van der Waals surface area (Å²) in [6, 6.07) is 0. The van der Waals surface area contributed by atoms with Crippen molar-refractivity contribution in [3.05, 3.63) is 11.9 Å². The third-order valence-corrected chi connectivity index (χ3v) is 3.72. The van der Waals surface area contributed by atoms with Crippen molar-refractivity contribution in [3.8, 4) is 0 Å². The number of nitrogens with zero attached hydrogens (tertiary/aromatic N) is 3. The number of aryl methyl sites for hydroxylation is 1. The van der Waals surface area contributed by atoms with Crippen LogP contribution >= 0.6 is 0 Å². The average molecular weight is 236 g/mol. The van der Waals surface area contributed by atoms with Crippen molar-refractivity contribution in [1.82, 2.24) is 20.3 Å². The molecule has 0 unspecified atom stereocenters. The van der Waals surface area contributed by atoms with Crippen molar-refractivity contribution in [1.29, 1.82) is 0 Å². The zero-order valence-corrected chi connectivity index (χ0v) is 10.6. The van der Waals surface area contributed by atoms with Crippen LogP contribution in [0, 0.1) is 5.41 Å². The molecule has 0 atom stereocenters. The van der Waals surface area contributed by atoms with Crippen molar-refractivity contribution in [2.45, 2.75) is 32.6 Å². The maximum Gasteiger partial charge on any atom is 0.188 e.